The van der Waals surface area contributed by atoms with Crippen molar-refractivity contribution in [3.63, 3.8) is 0 Å². The summed E-state index contributed by atoms with van der Waals surface area (Å²) in [5.41, 5.74) is 0.616. The predicted molar refractivity (Wildman–Crippen MR) is 89.0 cm³/mol. The summed E-state index contributed by atoms with van der Waals surface area (Å²) < 4.78 is 0.924. The summed E-state index contributed by atoms with van der Waals surface area (Å²) in [7, 11) is 0. The molecule has 0 aliphatic carbocycles. The van der Waals surface area contributed by atoms with Crippen LogP contribution in [0.2, 0.25) is 0 Å². The molecule has 116 valence electrons. The smallest absolute Gasteiger partial charge is 0.313 e. The molecule has 1 aromatic carbocycles. The van der Waals surface area contributed by atoms with Gasteiger partial charge in [-0.05, 0) is 36.1 Å². The maximum absolute atomic E-state index is 12.3. The van der Waals surface area contributed by atoms with Crippen LogP contribution in [0.25, 0.3) is 0 Å². The van der Waals surface area contributed by atoms with Crippen molar-refractivity contribution < 1.29 is 9.59 Å². The molecule has 0 unspecified atom stereocenters. The first kappa shape index (κ1) is 17.7. The number of hydrogen-bond donors (Lipinski definition) is 1. The molecule has 4 nitrogen and oxygen atoms in total. The maximum atomic E-state index is 12.3. The second-order valence-corrected chi connectivity index (χ2v) is 6.87. The average Bonchev–Trinajstić information content (AvgIpc) is 2.38. The Morgan fingerprint density at radius 3 is 1.95 bits per heavy atom. The lowest BCUT2D eigenvalue weighted by atomic mass is 10.1. The fraction of sp³-hybridized carbons (Fsp3) is 0.500. The molecular formula is C16H23BrN2O2. The second-order valence-electron chi connectivity index (χ2n) is 5.96. The Hall–Kier alpha value is -1.36. The third-order valence-corrected chi connectivity index (χ3v) is 3.28. The Labute approximate surface area is 135 Å². The molecule has 0 spiro atoms. The summed E-state index contributed by atoms with van der Waals surface area (Å²) in [4.78, 5) is 26.0. The Morgan fingerprint density at radius 2 is 1.52 bits per heavy atom. The highest BCUT2D eigenvalue weighted by Crippen LogP contribution is 2.14. The van der Waals surface area contributed by atoms with Crippen molar-refractivity contribution in [2.24, 2.45) is 11.8 Å². The molecule has 1 N–H and O–H groups in total. The van der Waals surface area contributed by atoms with E-state index in [0.717, 1.165) is 4.47 Å². The van der Waals surface area contributed by atoms with E-state index in [-0.39, 0.29) is 0 Å². The number of nitrogens with one attached hydrogen (secondary N) is 1. The van der Waals surface area contributed by atoms with E-state index < -0.39 is 11.8 Å². The predicted octanol–water partition coefficient (Wildman–Crippen LogP) is 3.53. The van der Waals surface area contributed by atoms with E-state index in [1.54, 1.807) is 17.0 Å². The molecule has 0 aromatic heterocycles. The first-order chi connectivity index (χ1) is 9.79. The van der Waals surface area contributed by atoms with Gasteiger partial charge in [-0.25, -0.2) is 0 Å². The number of anilines is 1. The highest BCUT2D eigenvalue weighted by Gasteiger charge is 2.23. The summed E-state index contributed by atoms with van der Waals surface area (Å²) in [6, 6.07) is 7.15. The molecule has 0 aliphatic rings. The van der Waals surface area contributed by atoms with Crippen LogP contribution in [0.4, 0.5) is 5.69 Å². The minimum Gasteiger partial charge on any atom is -0.334 e. The molecule has 5 heteroatoms. The summed E-state index contributed by atoms with van der Waals surface area (Å²) in [6.07, 6.45) is 0. The lowest BCUT2D eigenvalue weighted by Gasteiger charge is -2.25. The van der Waals surface area contributed by atoms with E-state index in [9.17, 15) is 9.59 Å². The lowest BCUT2D eigenvalue weighted by Crippen LogP contribution is -2.43. The quantitative estimate of drug-likeness (QED) is 0.822. The van der Waals surface area contributed by atoms with Crippen LogP contribution < -0.4 is 5.32 Å². The van der Waals surface area contributed by atoms with Crippen LogP contribution in [-0.2, 0) is 9.59 Å². The Balaban J connectivity index is 2.72. The van der Waals surface area contributed by atoms with Crippen molar-refractivity contribution in [1.82, 2.24) is 4.90 Å². The fourth-order valence-electron chi connectivity index (χ4n) is 1.98. The van der Waals surface area contributed by atoms with Crippen molar-refractivity contribution in [1.29, 1.82) is 0 Å². The van der Waals surface area contributed by atoms with E-state index in [1.165, 1.54) is 0 Å². The van der Waals surface area contributed by atoms with Crippen LogP contribution in [0.5, 0.6) is 0 Å². The standard InChI is InChI=1S/C16H23BrN2O2/c1-11(2)9-19(10-12(3)4)16(21)15(20)18-14-7-5-13(17)6-8-14/h5-8,11-12H,9-10H2,1-4H3,(H,18,20). The van der Waals surface area contributed by atoms with Crippen LogP contribution in [0, 0.1) is 11.8 Å². The molecule has 0 heterocycles. The number of rotatable bonds is 5. The minimum absolute atomic E-state index is 0.327. The van der Waals surface area contributed by atoms with Gasteiger partial charge in [0.05, 0.1) is 0 Å². The third-order valence-electron chi connectivity index (χ3n) is 2.75. The topological polar surface area (TPSA) is 49.4 Å². The summed E-state index contributed by atoms with van der Waals surface area (Å²) in [5.74, 6) is -0.402. The number of carbonyl (C=O) groups is 2. The minimum atomic E-state index is -0.585. The van der Waals surface area contributed by atoms with Crippen LogP contribution >= 0.6 is 15.9 Å². The molecule has 1 rings (SSSR count). The Morgan fingerprint density at radius 1 is 1.05 bits per heavy atom. The number of carbonyl (C=O) groups excluding carboxylic acids is 2. The van der Waals surface area contributed by atoms with Gasteiger partial charge in [-0.2, -0.15) is 0 Å². The van der Waals surface area contributed by atoms with E-state index in [2.05, 4.69) is 21.2 Å². The van der Waals surface area contributed by atoms with Crippen LogP contribution in [0.1, 0.15) is 27.7 Å². The van der Waals surface area contributed by atoms with Crippen LogP contribution in [-0.4, -0.2) is 29.8 Å². The van der Waals surface area contributed by atoms with E-state index >= 15 is 0 Å². The van der Waals surface area contributed by atoms with Crippen LogP contribution in [0.3, 0.4) is 0 Å². The van der Waals surface area contributed by atoms with Crippen molar-refractivity contribution in [2.45, 2.75) is 27.7 Å². The molecule has 0 radical (unpaired) electrons. The van der Waals surface area contributed by atoms with E-state index in [4.69, 9.17) is 0 Å². The Kier molecular flexibility index (Phi) is 6.89. The van der Waals surface area contributed by atoms with Gasteiger partial charge in [-0.1, -0.05) is 43.6 Å². The molecule has 0 atom stereocenters. The first-order valence-corrected chi connectivity index (χ1v) is 7.94. The van der Waals surface area contributed by atoms with Crippen molar-refractivity contribution in [3.05, 3.63) is 28.7 Å². The summed E-state index contributed by atoms with van der Waals surface area (Å²) in [6.45, 7) is 9.32. The molecule has 0 saturated heterocycles. The molecule has 2 amide bonds. The highest BCUT2D eigenvalue weighted by molar-refractivity contribution is 9.10. The Bertz CT molecular complexity index is 474. The molecule has 1 aromatic rings. The van der Waals surface area contributed by atoms with Gasteiger partial charge in [0.15, 0.2) is 0 Å². The number of amides is 2. The largest absolute Gasteiger partial charge is 0.334 e. The number of hydrogen-bond acceptors (Lipinski definition) is 2. The van der Waals surface area contributed by atoms with Gasteiger partial charge in [-0.3, -0.25) is 9.59 Å². The van der Waals surface area contributed by atoms with Gasteiger partial charge in [0.25, 0.3) is 0 Å². The van der Waals surface area contributed by atoms with Crippen molar-refractivity contribution in [2.75, 3.05) is 18.4 Å². The van der Waals surface area contributed by atoms with Crippen molar-refractivity contribution in [3.8, 4) is 0 Å². The van der Waals surface area contributed by atoms with Gasteiger partial charge >= 0.3 is 11.8 Å². The molecular weight excluding hydrogens is 332 g/mol. The third kappa shape index (κ3) is 6.29. The molecule has 0 saturated carbocycles. The zero-order valence-corrected chi connectivity index (χ0v) is 14.6. The van der Waals surface area contributed by atoms with Gasteiger partial charge in [0.2, 0.25) is 0 Å². The van der Waals surface area contributed by atoms with Gasteiger partial charge in [0.1, 0.15) is 0 Å². The normalized spacial score (nSPS) is 10.8. The zero-order valence-electron chi connectivity index (χ0n) is 13.0. The first-order valence-electron chi connectivity index (χ1n) is 7.15. The highest BCUT2D eigenvalue weighted by atomic mass is 79.9. The average molecular weight is 355 g/mol. The lowest BCUT2D eigenvalue weighted by molar-refractivity contribution is -0.143. The fourth-order valence-corrected chi connectivity index (χ4v) is 2.25. The van der Waals surface area contributed by atoms with E-state index in [0.29, 0.717) is 30.6 Å². The van der Waals surface area contributed by atoms with Gasteiger partial charge in [-0.15, -0.1) is 0 Å². The van der Waals surface area contributed by atoms with E-state index in [1.807, 2.05) is 39.8 Å². The van der Waals surface area contributed by atoms with Crippen LogP contribution in [0.15, 0.2) is 28.7 Å². The van der Waals surface area contributed by atoms with Crippen molar-refractivity contribution >= 4 is 33.4 Å². The number of benzene rings is 1. The molecule has 0 fully saturated rings. The molecule has 21 heavy (non-hydrogen) atoms. The number of halogens is 1. The van der Waals surface area contributed by atoms with Gasteiger partial charge < -0.3 is 10.2 Å². The SMILES string of the molecule is CC(C)CN(CC(C)C)C(=O)C(=O)Nc1ccc(Br)cc1. The zero-order chi connectivity index (χ0) is 16.0. The molecule has 0 aliphatic heterocycles. The monoisotopic (exact) mass is 354 g/mol. The van der Waals surface area contributed by atoms with Gasteiger partial charge in [0, 0.05) is 23.2 Å². The number of nitrogens with zero attached hydrogens (tertiary/aromatic N) is 1. The summed E-state index contributed by atoms with van der Waals surface area (Å²) >= 11 is 3.33. The second kappa shape index (κ2) is 8.17. The summed E-state index contributed by atoms with van der Waals surface area (Å²) in [5, 5.41) is 2.64. The maximum Gasteiger partial charge on any atom is 0.313 e. The molecule has 0 bridgehead atoms.